The second-order valence-electron chi connectivity index (χ2n) is 2.87. The van der Waals surface area contributed by atoms with Crippen LogP contribution in [-0.2, 0) is 7.05 Å². The second-order valence-corrected chi connectivity index (χ2v) is 2.87. The lowest BCUT2D eigenvalue weighted by Crippen LogP contribution is -2.24. The average Bonchev–Trinajstić information content (AvgIpc) is 2.44. The monoisotopic (exact) mass is 179 g/mol. The largest absolute Gasteiger partial charge is 0.366 e. The fourth-order valence-electron chi connectivity index (χ4n) is 1.26. The van der Waals surface area contributed by atoms with Crippen molar-refractivity contribution in [2.24, 2.45) is 7.05 Å². The molecule has 2 N–H and O–H groups in total. The van der Waals surface area contributed by atoms with E-state index in [4.69, 9.17) is 5.73 Å². The van der Waals surface area contributed by atoms with E-state index >= 15 is 0 Å². The van der Waals surface area contributed by atoms with Gasteiger partial charge in [0.05, 0.1) is 6.20 Å². The van der Waals surface area contributed by atoms with Crippen molar-refractivity contribution in [2.45, 2.75) is 6.92 Å². The van der Waals surface area contributed by atoms with E-state index in [1.165, 1.54) is 9.20 Å². The summed E-state index contributed by atoms with van der Waals surface area (Å²) in [6.45, 7) is 1.81. The Morgan fingerprint density at radius 2 is 2.23 bits per heavy atom. The molecule has 0 radical (unpaired) electrons. The highest BCUT2D eigenvalue weighted by atomic mass is 16.1. The van der Waals surface area contributed by atoms with Crippen LogP contribution in [0.25, 0.3) is 5.52 Å². The van der Waals surface area contributed by atoms with Crippen molar-refractivity contribution in [3.05, 3.63) is 22.1 Å². The molecule has 0 aliphatic carbocycles. The number of fused-ring (bicyclic) bond motifs is 1. The molecule has 68 valence electrons. The first-order chi connectivity index (χ1) is 6.11. The van der Waals surface area contributed by atoms with Crippen molar-refractivity contribution in [3.63, 3.8) is 0 Å². The van der Waals surface area contributed by atoms with Gasteiger partial charge in [-0.05, 0) is 6.92 Å². The molecule has 2 aromatic heterocycles. The van der Waals surface area contributed by atoms with Crippen LogP contribution in [0.5, 0.6) is 0 Å². The summed E-state index contributed by atoms with van der Waals surface area (Å²) < 4.78 is 2.55. The van der Waals surface area contributed by atoms with Gasteiger partial charge >= 0.3 is 0 Å². The fourth-order valence-corrected chi connectivity index (χ4v) is 1.26. The maximum atomic E-state index is 11.5. The first-order valence-corrected chi connectivity index (χ1v) is 3.78. The molecular weight excluding hydrogens is 170 g/mol. The summed E-state index contributed by atoms with van der Waals surface area (Å²) in [5, 5.41) is 7.73. The van der Waals surface area contributed by atoms with Gasteiger partial charge in [-0.1, -0.05) is 0 Å². The Labute approximate surface area is 73.6 Å². The Morgan fingerprint density at radius 1 is 1.54 bits per heavy atom. The Morgan fingerprint density at radius 3 is 2.92 bits per heavy atom. The van der Waals surface area contributed by atoms with Crippen molar-refractivity contribution < 1.29 is 0 Å². The van der Waals surface area contributed by atoms with Crippen molar-refractivity contribution >= 4 is 11.5 Å². The van der Waals surface area contributed by atoms with Gasteiger partial charge in [-0.3, -0.25) is 4.79 Å². The normalized spacial score (nSPS) is 10.9. The van der Waals surface area contributed by atoms with E-state index in [1.807, 2.05) is 6.92 Å². The quantitative estimate of drug-likeness (QED) is 0.581. The van der Waals surface area contributed by atoms with Gasteiger partial charge in [-0.25, -0.2) is 4.68 Å². The number of nitrogens with zero attached hydrogens (tertiary/aromatic N) is 4. The molecule has 2 aromatic rings. The first kappa shape index (κ1) is 7.78. The zero-order valence-corrected chi connectivity index (χ0v) is 7.35. The molecule has 13 heavy (non-hydrogen) atoms. The molecule has 2 rings (SSSR count). The van der Waals surface area contributed by atoms with Gasteiger partial charge in [-0.15, -0.1) is 5.10 Å². The minimum absolute atomic E-state index is 0.191. The molecule has 2 heterocycles. The zero-order valence-electron chi connectivity index (χ0n) is 7.35. The van der Waals surface area contributed by atoms with E-state index in [0.29, 0.717) is 5.52 Å². The number of aryl methyl sites for hydroxylation is 2. The van der Waals surface area contributed by atoms with Gasteiger partial charge in [0.1, 0.15) is 5.52 Å². The minimum atomic E-state index is -0.191. The van der Waals surface area contributed by atoms with E-state index in [-0.39, 0.29) is 11.5 Å². The molecule has 0 saturated carbocycles. The molecule has 6 nitrogen and oxygen atoms in total. The Balaban J connectivity index is 3.10. The third kappa shape index (κ3) is 0.915. The van der Waals surface area contributed by atoms with E-state index in [0.717, 1.165) is 5.56 Å². The van der Waals surface area contributed by atoms with Gasteiger partial charge in [0.25, 0.3) is 5.56 Å². The van der Waals surface area contributed by atoms with Crippen LogP contribution in [0, 0.1) is 6.92 Å². The van der Waals surface area contributed by atoms with Crippen LogP contribution in [0.3, 0.4) is 0 Å². The number of aromatic nitrogens is 4. The molecule has 0 bridgehead atoms. The van der Waals surface area contributed by atoms with Crippen LogP contribution in [0.2, 0.25) is 0 Å². The highest BCUT2D eigenvalue weighted by Gasteiger charge is 2.09. The summed E-state index contributed by atoms with van der Waals surface area (Å²) >= 11 is 0. The molecule has 0 aromatic carbocycles. The van der Waals surface area contributed by atoms with E-state index in [1.54, 1.807) is 13.2 Å². The molecule has 0 aliphatic rings. The van der Waals surface area contributed by atoms with Crippen molar-refractivity contribution in [1.29, 1.82) is 0 Å². The predicted molar refractivity (Wildman–Crippen MR) is 47.4 cm³/mol. The number of rotatable bonds is 0. The summed E-state index contributed by atoms with van der Waals surface area (Å²) in [4.78, 5) is 11.5. The first-order valence-electron chi connectivity index (χ1n) is 3.78. The van der Waals surface area contributed by atoms with Crippen molar-refractivity contribution in [1.82, 2.24) is 19.4 Å². The van der Waals surface area contributed by atoms with Gasteiger partial charge in [0.2, 0.25) is 5.95 Å². The number of hydrogen-bond donors (Lipinski definition) is 1. The van der Waals surface area contributed by atoms with Crippen LogP contribution in [0.1, 0.15) is 5.56 Å². The smallest absolute Gasteiger partial charge is 0.292 e. The average molecular weight is 179 g/mol. The Kier molecular flexibility index (Phi) is 1.39. The topological polar surface area (TPSA) is 78.2 Å². The maximum absolute atomic E-state index is 11.5. The van der Waals surface area contributed by atoms with Crippen LogP contribution in [-0.4, -0.2) is 19.4 Å². The highest BCUT2D eigenvalue weighted by molar-refractivity contribution is 5.53. The van der Waals surface area contributed by atoms with Gasteiger partial charge in [0, 0.05) is 12.6 Å². The number of nitrogens with two attached hydrogens (primary N) is 1. The highest BCUT2D eigenvalue weighted by Crippen LogP contribution is 2.05. The second kappa shape index (κ2) is 2.32. The standard InChI is InChI=1S/C7H9N5O/c1-4-3-9-12-5(4)6(13)11(2)10-7(12)8/h3H,1-2H3,(H2,8,10). The van der Waals surface area contributed by atoms with Gasteiger partial charge in [-0.2, -0.15) is 9.61 Å². The summed E-state index contributed by atoms with van der Waals surface area (Å²) in [6.07, 6.45) is 1.59. The third-order valence-electron chi connectivity index (χ3n) is 1.92. The van der Waals surface area contributed by atoms with Crippen molar-refractivity contribution in [3.8, 4) is 0 Å². The van der Waals surface area contributed by atoms with E-state index in [9.17, 15) is 4.79 Å². The van der Waals surface area contributed by atoms with E-state index < -0.39 is 0 Å². The Hall–Kier alpha value is -1.85. The zero-order chi connectivity index (χ0) is 9.59. The SMILES string of the molecule is Cc1cnn2c(N)nn(C)c(=O)c12. The summed E-state index contributed by atoms with van der Waals surface area (Å²) in [7, 11) is 1.56. The lowest BCUT2D eigenvalue weighted by Gasteiger charge is -2.00. The molecular formula is C7H9N5O. The van der Waals surface area contributed by atoms with E-state index in [2.05, 4.69) is 10.2 Å². The summed E-state index contributed by atoms with van der Waals surface area (Å²) in [6, 6.07) is 0. The molecule has 0 aliphatic heterocycles. The fraction of sp³-hybridized carbons (Fsp3) is 0.286. The molecule has 0 amide bonds. The number of hydrogen-bond acceptors (Lipinski definition) is 4. The lowest BCUT2D eigenvalue weighted by atomic mass is 10.3. The third-order valence-corrected chi connectivity index (χ3v) is 1.92. The summed E-state index contributed by atoms with van der Waals surface area (Å²) in [5.41, 5.74) is 6.66. The van der Waals surface area contributed by atoms with Crippen LogP contribution < -0.4 is 11.3 Å². The van der Waals surface area contributed by atoms with Gasteiger partial charge in [0.15, 0.2) is 0 Å². The summed E-state index contributed by atoms with van der Waals surface area (Å²) in [5.74, 6) is 0.213. The molecule has 0 spiro atoms. The lowest BCUT2D eigenvalue weighted by molar-refractivity contribution is 0.687. The van der Waals surface area contributed by atoms with Crippen LogP contribution in [0.15, 0.2) is 11.0 Å². The Bertz CT molecular complexity index is 523. The van der Waals surface area contributed by atoms with Crippen molar-refractivity contribution in [2.75, 3.05) is 5.73 Å². The number of nitrogen functional groups attached to an aromatic ring is 1. The molecule has 0 unspecified atom stereocenters. The molecule has 0 fully saturated rings. The molecule has 6 heteroatoms. The van der Waals surface area contributed by atoms with Crippen LogP contribution in [0.4, 0.5) is 5.95 Å². The number of anilines is 1. The molecule has 0 saturated heterocycles. The predicted octanol–water partition coefficient (Wildman–Crippen LogP) is -0.681. The van der Waals surface area contributed by atoms with Gasteiger partial charge < -0.3 is 5.73 Å². The maximum Gasteiger partial charge on any atom is 0.292 e. The minimum Gasteiger partial charge on any atom is -0.366 e. The van der Waals surface area contributed by atoms with Crippen LogP contribution >= 0.6 is 0 Å². The molecule has 0 atom stereocenters.